The van der Waals surface area contributed by atoms with Gasteiger partial charge in [0.05, 0.1) is 31.2 Å². The number of carbonyl (C=O) groups excluding carboxylic acids is 1. The monoisotopic (exact) mass is 401 g/mol. The molecule has 0 unspecified atom stereocenters. The Balaban J connectivity index is 1.74. The van der Waals surface area contributed by atoms with Crippen LogP contribution < -0.4 is 4.90 Å². The minimum absolute atomic E-state index is 0.0209. The Hall–Kier alpha value is -2.71. The molecular formula is C21H29N4O4+. The van der Waals surface area contributed by atoms with E-state index in [0.29, 0.717) is 24.2 Å². The first-order chi connectivity index (χ1) is 14.0. The summed E-state index contributed by atoms with van der Waals surface area (Å²) in [5, 5.41) is 11.3. The van der Waals surface area contributed by atoms with Crippen molar-refractivity contribution in [3.63, 3.8) is 0 Å². The maximum absolute atomic E-state index is 13.2. The van der Waals surface area contributed by atoms with Gasteiger partial charge in [0.25, 0.3) is 11.6 Å². The number of carbonyl (C=O) groups is 1. The normalized spacial score (nSPS) is 14.7. The van der Waals surface area contributed by atoms with E-state index in [0.717, 1.165) is 45.0 Å². The van der Waals surface area contributed by atoms with Crippen LogP contribution in [0.15, 0.2) is 36.5 Å². The fourth-order valence-corrected chi connectivity index (χ4v) is 3.66. The SMILES string of the molecule is Cc1ccc(C(=O)N(CCC[NH+]2CCOCC2)Cc2cccn2C)cc1[N+](=O)[O-]. The molecule has 1 aliphatic heterocycles. The molecule has 0 aliphatic carbocycles. The maximum Gasteiger partial charge on any atom is 0.273 e. The molecule has 2 aromatic rings. The summed E-state index contributed by atoms with van der Waals surface area (Å²) in [6.07, 6.45) is 2.83. The van der Waals surface area contributed by atoms with Gasteiger partial charge in [-0.1, -0.05) is 6.07 Å². The average Bonchev–Trinajstić information content (AvgIpc) is 3.12. The first kappa shape index (κ1) is 21.0. The van der Waals surface area contributed by atoms with Crippen molar-refractivity contribution in [2.75, 3.05) is 39.4 Å². The average molecular weight is 401 g/mol. The van der Waals surface area contributed by atoms with E-state index in [1.165, 1.54) is 11.0 Å². The van der Waals surface area contributed by atoms with Crippen LogP contribution in [0.1, 0.15) is 28.0 Å². The largest absolute Gasteiger partial charge is 0.370 e. The third-order valence-electron chi connectivity index (χ3n) is 5.50. The second kappa shape index (κ2) is 9.67. The minimum Gasteiger partial charge on any atom is -0.370 e. The van der Waals surface area contributed by atoms with Crippen molar-refractivity contribution in [1.82, 2.24) is 9.47 Å². The van der Waals surface area contributed by atoms with E-state index in [-0.39, 0.29) is 11.6 Å². The second-order valence-corrected chi connectivity index (χ2v) is 7.56. The molecule has 1 saturated heterocycles. The molecule has 1 fully saturated rings. The smallest absolute Gasteiger partial charge is 0.273 e. The molecule has 156 valence electrons. The van der Waals surface area contributed by atoms with E-state index in [2.05, 4.69) is 0 Å². The van der Waals surface area contributed by atoms with Crippen LogP contribution in [0.3, 0.4) is 0 Å². The lowest BCUT2D eigenvalue weighted by atomic mass is 10.1. The highest BCUT2D eigenvalue weighted by molar-refractivity contribution is 5.95. The highest BCUT2D eigenvalue weighted by Gasteiger charge is 2.22. The van der Waals surface area contributed by atoms with Crippen LogP contribution in [0, 0.1) is 17.0 Å². The van der Waals surface area contributed by atoms with E-state index in [9.17, 15) is 14.9 Å². The summed E-state index contributed by atoms with van der Waals surface area (Å²) in [6.45, 7) is 7.31. The van der Waals surface area contributed by atoms with E-state index >= 15 is 0 Å². The number of morpholine rings is 1. The van der Waals surface area contributed by atoms with Crippen molar-refractivity contribution in [2.24, 2.45) is 7.05 Å². The zero-order chi connectivity index (χ0) is 20.8. The first-order valence-corrected chi connectivity index (χ1v) is 10.0. The van der Waals surface area contributed by atoms with Crippen molar-refractivity contribution in [3.05, 3.63) is 63.5 Å². The van der Waals surface area contributed by atoms with Gasteiger partial charge >= 0.3 is 0 Å². The Kier molecular flexibility index (Phi) is 7.00. The zero-order valence-corrected chi connectivity index (χ0v) is 17.1. The predicted molar refractivity (Wildman–Crippen MR) is 109 cm³/mol. The van der Waals surface area contributed by atoms with Gasteiger partial charge in [0, 0.05) is 49.1 Å². The topological polar surface area (TPSA) is 82.0 Å². The fourth-order valence-electron chi connectivity index (χ4n) is 3.66. The van der Waals surface area contributed by atoms with E-state index < -0.39 is 4.92 Å². The number of aryl methyl sites for hydroxylation is 2. The summed E-state index contributed by atoms with van der Waals surface area (Å²) < 4.78 is 7.39. The van der Waals surface area contributed by atoms with Crippen LogP contribution in [0.25, 0.3) is 0 Å². The Morgan fingerprint density at radius 2 is 2.07 bits per heavy atom. The highest BCUT2D eigenvalue weighted by Crippen LogP contribution is 2.21. The number of benzene rings is 1. The van der Waals surface area contributed by atoms with Crippen molar-refractivity contribution in [3.8, 4) is 0 Å². The third-order valence-corrected chi connectivity index (χ3v) is 5.50. The molecule has 1 aromatic heterocycles. The fraction of sp³-hybridized carbons (Fsp3) is 0.476. The van der Waals surface area contributed by atoms with E-state index in [1.807, 2.05) is 29.9 Å². The van der Waals surface area contributed by atoms with Gasteiger partial charge in [-0.3, -0.25) is 14.9 Å². The number of quaternary nitrogens is 1. The Labute approximate surface area is 170 Å². The Bertz CT molecular complexity index is 858. The number of nitrogens with one attached hydrogen (secondary N) is 1. The maximum atomic E-state index is 13.2. The van der Waals surface area contributed by atoms with Gasteiger partial charge in [0.1, 0.15) is 13.1 Å². The molecule has 29 heavy (non-hydrogen) atoms. The Morgan fingerprint density at radius 3 is 2.72 bits per heavy atom. The summed E-state index contributed by atoms with van der Waals surface area (Å²) in [6, 6.07) is 8.65. The van der Waals surface area contributed by atoms with Crippen molar-refractivity contribution < 1.29 is 19.4 Å². The molecule has 2 heterocycles. The molecule has 1 amide bonds. The molecule has 0 spiro atoms. The van der Waals surface area contributed by atoms with Crippen LogP contribution in [-0.2, 0) is 18.3 Å². The molecule has 0 radical (unpaired) electrons. The van der Waals surface area contributed by atoms with E-state index in [1.54, 1.807) is 24.0 Å². The van der Waals surface area contributed by atoms with Gasteiger partial charge in [-0.25, -0.2) is 0 Å². The number of amides is 1. The summed E-state index contributed by atoms with van der Waals surface area (Å²) in [5.41, 5.74) is 1.91. The first-order valence-electron chi connectivity index (χ1n) is 10.0. The molecule has 0 saturated carbocycles. The molecule has 8 heteroatoms. The molecule has 1 aliphatic rings. The quantitative estimate of drug-likeness (QED) is 0.532. The van der Waals surface area contributed by atoms with Gasteiger partial charge < -0.3 is 19.1 Å². The molecule has 8 nitrogen and oxygen atoms in total. The van der Waals surface area contributed by atoms with Crippen LogP contribution in [0.2, 0.25) is 0 Å². The lowest BCUT2D eigenvalue weighted by molar-refractivity contribution is -0.908. The number of nitrogens with zero attached hydrogens (tertiary/aromatic N) is 3. The van der Waals surface area contributed by atoms with Crippen molar-refractivity contribution in [2.45, 2.75) is 19.9 Å². The van der Waals surface area contributed by atoms with Crippen molar-refractivity contribution >= 4 is 11.6 Å². The molecular weight excluding hydrogens is 372 g/mol. The van der Waals surface area contributed by atoms with E-state index in [4.69, 9.17) is 4.74 Å². The van der Waals surface area contributed by atoms with Crippen LogP contribution in [0.4, 0.5) is 5.69 Å². The number of nitro benzene ring substituents is 1. The van der Waals surface area contributed by atoms with Crippen molar-refractivity contribution in [1.29, 1.82) is 0 Å². The molecule has 3 rings (SSSR count). The molecule has 0 bridgehead atoms. The summed E-state index contributed by atoms with van der Waals surface area (Å²) >= 11 is 0. The van der Waals surface area contributed by atoms with Gasteiger partial charge in [-0.2, -0.15) is 0 Å². The van der Waals surface area contributed by atoms with Crippen LogP contribution in [-0.4, -0.2) is 59.7 Å². The lowest BCUT2D eigenvalue weighted by Crippen LogP contribution is -3.14. The number of nitro groups is 1. The minimum atomic E-state index is -0.435. The standard InChI is InChI=1S/C21H28N4O4/c1-17-6-7-18(15-20(17)25(27)28)21(26)24(16-19-5-3-8-22(19)2)10-4-9-23-11-13-29-14-12-23/h3,5-8,15H,4,9-14,16H2,1-2H3/p+1. The third kappa shape index (κ3) is 5.42. The number of ether oxygens (including phenoxy) is 1. The summed E-state index contributed by atoms with van der Waals surface area (Å²) in [5.74, 6) is -0.175. The lowest BCUT2D eigenvalue weighted by Gasteiger charge is -2.26. The molecule has 0 atom stereocenters. The summed E-state index contributed by atoms with van der Waals surface area (Å²) in [7, 11) is 1.95. The van der Waals surface area contributed by atoms with Gasteiger partial charge in [0.2, 0.25) is 0 Å². The number of aromatic nitrogens is 1. The predicted octanol–water partition coefficient (Wildman–Crippen LogP) is 1.19. The molecule has 1 N–H and O–H groups in total. The van der Waals surface area contributed by atoms with Gasteiger partial charge in [0.15, 0.2) is 0 Å². The highest BCUT2D eigenvalue weighted by atomic mass is 16.6. The van der Waals surface area contributed by atoms with Crippen LogP contribution in [0.5, 0.6) is 0 Å². The summed E-state index contributed by atoms with van der Waals surface area (Å²) in [4.78, 5) is 27.4. The van der Waals surface area contributed by atoms with Gasteiger partial charge in [-0.05, 0) is 25.1 Å². The number of hydrogen-bond donors (Lipinski definition) is 1. The van der Waals surface area contributed by atoms with Gasteiger partial charge in [-0.15, -0.1) is 0 Å². The Morgan fingerprint density at radius 1 is 1.31 bits per heavy atom. The molecule has 1 aromatic carbocycles. The number of hydrogen-bond acceptors (Lipinski definition) is 4. The number of rotatable bonds is 8. The van der Waals surface area contributed by atoms with Crippen LogP contribution >= 0.6 is 0 Å². The zero-order valence-electron chi connectivity index (χ0n) is 17.1. The second-order valence-electron chi connectivity index (χ2n) is 7.56.